The van der Waals surface area contributed by atoms with Gasteiger partial charge in [0.05, 0.1) is 0 Å². The van der Waals surface area contributed by atoms with Gasteiger partial charge >= 0.3 is 10.2 Å². The van der Waals surface area contributed by atoms with Crippen molar-refractivity contribution in [3.05, 3.63) is 42.0 Å². The van der Waals surface area contributed by atoms with E-state index in [9.17, 15) is 12.3 Å². The Morgan fingerprint density at radius 1 is 1.06 bits per heavy atom. The second-order valence-corrected chi connectivity index (χ2v) is 4.70. The number of hydrogen-bond acceptors (Lipinski definition) is 3. The SMILES string of the molecule is Cc1ccc(-c2ccc(S(=O)(=O)F)o2)cc1. The van der Waals surface area contributed by atoms with Crippen LogP contribution in [0.2, 0.25) is 0 Å². The van der Waals surface area contributed by atoms with Gasteiger partial charge in [-0.15, -0.1) is 0 Å². The number of furan rings is 1. The Hall–Kier alpha value is -1.62. The summed E-state index contributed by atoms with van der Waals surface area (Å²) in [5, 5.41) is -0.664. The van der Waals surface area contributed by atoms with Crippen molar-refractivity contribution in [2.24, 2.45) is 0 Å². The lowest BCUT2D eigenvalue weighted by molar-refractivity contribution is 0.444. The maximum absolute atomic E-state index is 12.6. The molecule has 1 heterocycles. The first-order chi connectivity index (χ1) is 7.47. The Balaban J connectivity index is 2.43. The second kappa shape index (κ2) is 3.75. The molecule has 1 aromatic carbocycles. The lowest BCUT2D eigenvalue weighted by Gasteiger charge is -1.97. The number of aryl methyl sites for hydroxylation is 1. The molecule has 0 atom stereocenters. The van der Waals surface area contributed by atoms with Gasteiger partial charge in [-0.25, -0.2) is 0 Å². The highest BCUT2D eigenvalue weighted by molar-refractivity contribution is 7.86. The van der Waals surface area contributed by atoms with Crippen molar-refractivity contribution < 1.29 is 16.7 Å². The molecule has 2 aromatic rings. The minimum Gasteiger partial charge on any atom is -0.442 e. The van der Waals surface area contributed by atoms with Gasteiger partial charge in [-0.2, -0.15) is 8.42 Å². The molecule has 0 amide bonds. The Bertz CT molecular complexity index is 596. The molecule has 0 spiro atoms. The summed E-state index contributed by atoms with van der Waals surface area (Å²) in [5.74, 6) is 0.330. The maximum atomic E-state index is 12.6. The largest absolute Gasteiger partial charge is 0.442 e. The molecule has 0 bridgehead atoms. The fourth-order valence-electron chi connectivity index (χ4n) is 1.32. The van der Waals surface area contributed by atoms with Crippen molar-refractivity contribution >= 4 is 10.2 Å². The maximum Gasteiger partial charge on any atom is 0.365 e. The molecule has 0 saturated carbocycles. The van der Waals surface area contributed by atoms with Crippen molar-refractivity contribution in [3.8, 4) is 11.3 Å². The number of benzene rings is 1. The standard InChI is InChI=1S/C11H9FO3S/c1-8-2-4-9(5-3-8)10-6-7-11(15-10)16(12,13)14/h2-7H,1H3. The molecule has 0 saturated heterocycles. The van der Waals surface area contributed by atoms with E-state index in [0.717, 1.165) is 11.6 Å². The molecule has 84 valence electrons. The fourth-order valence-corrected chi connectivity index (χ4v) is 1.74. The lowest BCUT2D eigenvalue weighted by Crippen LogP contribution is -1.87. The molecule has 16 heavy (non-hydrogen) atoms. The van der Waals surface area contributed by atoms with Crippen molar-refractivity contribution in [3.63, 3.8) is 0 Å². The molecule has 0 unspecified atom stereocenters. The van der Waals surface area contributed by atoms with E-state index in [2.05, 4.69) is 0 Å². The Morgan fingerprint density at radius 2 is 1.69 bits per heavy atom. The molecule has 3 nitrogen and oxygen atoms in total. The van der Waals surface area contributed by atoms with Crippen LogP contribution in [-0.2, 0) is 10.2 Å². The Morgan fingerprint density at radius 3 is 2.19 bits per heavy atom. The van der Waals surface area contributed by atoms with E-state index in [1.54, 1.807) is 12.1 Å². The van der Waals surface area contributed by atoms with Crippen LogP contribution < -0.4 is 0 Å². The van der Waals surface area contributed by atoms with Crippen molar-refractivity contribution in [1.82, 2.24) is 0 Å². The lowest BCUT2D eigenvalue weighted by atomic mass is 10.1. The summed E-state index contributed by atoms with van der Waals surface area (Å²) in [6, 6.07) is 9.82. The average Bonchev–Trinajstić information content (AvgIpc) is 2.67. The summed E-state index contributed by atoms with van der Waals surface area (Å²) >= 11 is 0. The van der Waals surface area contributed by atoms with Crippen LogP contribution in [0, 0.1) is 6.92 Å². The van der Waals surface area contributed by atoms with Crippen molar-refractivity contribution in [1.29, 1.82) is 0 Å². The quantitative estimate of drug-likeness (QED) is 0.758. The molecular formula is C11H9FO3S. The summed E-state index contributed by atoms with van der Waals surface area (Å²) in [4.78, 5) is 0. The van der Waals surface area contributed by atoms with E-state index in [4.69, 9.17) is 4.42 Å². The molecular weight excluding hydrogens is 231 g/mol. The molecule has 5 heteroatoms. The van der Waals surface area contributed by atoms with Crippen LogP contribution in [0.5, 0.6) is 0 Å². The highest BCUT2D eigenvalue weighted by Gasteiger charge is 2.17. The number of hydrogen-bond donors (Lipinski definition) is 0. The first-order valence-corrected chi connectivity index (χ1v) is 5.97. The van der Waals surface area contributed by atoms with Gasteiger partial charge in [-0.3, -0.25) is 0 Å². The third-order valence-electron chi connectivity index (χ3n) is 2.16. The first kappa shape index (κ1) is 10.9. The van der Waals surface area contributed by atoms with Gasteiger partial charge in [0.1, 0.15) is 5.76 Å². The van der Waals surface area contributed by atoms with E-state index in [1.165, 1.54) is 6.07 Å². The average molecular weight is 240 g/mol. The van der Waals surface area contributed by atoms with Gasteiger partial charge in [-0.05, 0) is 19.1 Å². The van der Waals surface area contributed by atoms with Crippen molar-refractivity contribution in [2.75, 3.05) is 0 Å². The molecule has 0 aliphatic carbocycles. The van der Waals surface area contributed by atoms with Crippen LogP contribution in [-0.4, -0.2) is 8.42 Å². The van der Waals surface area contributed by atoms with Crippen LogP contribution in [0.3, 0.4) is 0 Å². The van der Waals surface area contributed by atoms with Gasteiger partial charge in [-0.1, -0.05) is 33.7 Å². The molecule has 2 rings (SSSR count). The second-order valence-electron chi connectivity index (χ2n) is 3.42. The molecule has 0 aliphatic heterocycles. The van der Waals surface area contributed by atoms with Gasteiger partial charge in [0.15, 0.2) is 0 Å². The zero-order chi connectivity index (χ0) is 11.8. The van der Waals surface area contributed by atoms with E-state index >= 15 is 0 Å². The monoisotopic (exact) mass is 240 g/mol. The normalized spacial score (nSPS) is 11.6. The molecule has 1 aromatic heterocycles. The summed E-state index contributed by atoms with van der Waals surface area (Å²) in [7, 11) is -4.76. The van der Waals surface area contributed by atoms with Crippen molar-refractivity contribution in [2.45, 2.75) is 12.0 Å². The minimum atomic E-state index is -4.76. The third-order valence-corrected chi connectivity index (χ3v) is 2.86. The molecule has 0 aliphatic rings. The van der Waals surface area contributed by atoms with Crippen LogP contribution in [0.25, 0.3) is 11.3 Å². The predicted molar refractivity (Wildman–Crippen MR) is 57.2 cm³/mol. The molecule has 0 fully saturated rings. The summed E-state index contributed by atoms with van der Waals surface area (Å²) in [5.41, 5.74) is 1.79. The number of halogens is 1. The zero-order valence-electron chi connectivity index (χ0n) is 8.48. The highest BCUT2D eigenvalue weighted by Crippen LogP contribution is 2.25. The summed E-state index contributed by atoms with van der Waals surface area (Å²) in [6.07, 6.45) is 0. The van der Waals surface area contributed by atoms with E-state index in [1.807, 2.05) is 19.1 Å². The molecule has 0 N–H and O–H groups in total. The Labute approximate surface area is 92.7 Å². The predicted octanol–water partition coefficient (Wildman–Crippen LogP) is 2.91. The van der Waals surface area contributed by atoms with Gasteiger partial charge in [0, 0.05) is 5.56 Å². The first-order valence-electron chi connectivity index (χ1n) is 4.58. The smallest absolute Gasteiger partial charge is 0.365 e. The van der Waals surface area contributed by atoms with Gasteiger partial charge in [0.25, 0.3) is 0 Å². The summed E-state index contributed by atoms with van der Waals surface area (Å²) in [6.45, 7) is 1.93. The Kier molecular flexibility index (Phi) is 2.55. The minimum absolute atomic E-state index is 0.330. The topological polar surface area (TPSA) is 47.3 Å². The zero-order valence-corrected chi connectivity index (χ0v) is 9.29. The van der Waals surface area contributed by atoms with E-state index < -0.39 is 15.3 Å². The van der Waals surface area contributed by atoms with Gasteiger partial charge in [0.2, 0.25) is 5.09 Å². The highest BCUT2D eigenvalue weighted by atomic mass is 32.3. The fraction of sp³-hybridized carbons (Fsp3) is 0.0909. The summed E-state index contributed by atoms with van der Waals surface area (Å²) < 4.78 is 38.6. The molecule has 0 radical (unpaired) electrons. The van der Waals surface area contributed by atoms with Crippen LogP contribution >= 0.6 is 0 Å². The third kappa shape index (κ3) is 2.14. The van der Waals surface area contributed by atoms with E-state index in [0.29, 0.717) is 11.3 Å². The van der Waals surface area contributed by atoms with E-state index in [-0.39, 0.29) is 0 Å². The number of rotatable bonds is 2. The van der Waals surface area contributed by atoms with Crippen LogP contribution in [0.4, 0.5) is 3.89 Å². The van der Waals surface area contributed by atoms with Crippen LogP contribution in [0.1, 0.15) is 5.56 Å². The van der Waals surface area contributed by atoms with Gasteiger partial charge < -0.3 is 4.42 Å². The van der Waals surface area contributed by atoms with Crippen LogP contribution in [0.15, 0.2) is 45.9 Å².